The standard InChI is InChI=1S/C6H10N2O.ClH/c1-2-3-6(9)8-5-4-7;/h4-5,7H2,1H3,(H,8,9);1H. The largest absolute Gasteiger partial charge is 0.344 e. The average molecular weight is 163 g/mol. The summed E-state index contributed by atoms with van der Waals surface area (Å²) in [5.74, 6) is 4.54. The van der Waals surface area contributed by atoms with Gasteiger partial charge in [-0.2, -0.15) is 0 Å². The molecule has 0 saturated heterocycles. The van der Waals surface area contributed by atoms with Gasteiger partial charge in [-0.25, -0.2) is 0 Å². The highest BCUT2D eigenvalue weighted by atomic mass is 35.5. The summed E-state index contributed by atoms with van der Waals surface area (Å²) >= 11 is 0. The summed E-state index contributed by atoms with van der Waals surface area (Å²) in [7, 11) is 0. The Morgan fingerprint density at radius 1 is 1.70 bits per heavy atom. The molecule has 0 atom stereocenters. The van der Waals surface area contributed by atoms with Gasteiger partial charge in [-0.3, -0.25) is 4.79 Å². The fraction of sp³-hybridized carbons (Fsp3) is 0.500. The Bertz CT molecular complexity index is 148. The quantitative estimate of drug-likeness (QED) is 0.539. The van der Waals surface area contributed by atoms with E-state index in [0.717, 1.165) is 0 Å². The van der Waals surface area contributed by atoms with Crippen molar-refractivity contribution in [2.24, 2.45) is 5.73 Å². The molecule has 0 radical (unpaired) electrons. The van der Waals surface area contributed by atoms with Crippen LogP contribution in [0.5, 0.6) is 0 Å². The number of amides is 1. The minimum absolute atomic E-state index is 0. The molecule has 0 aromatic rings. The number of hydrogen-bond donors (Lipinski definition) is 2. The number of hydrogen-bond acceptors (Lipinski definition) is 2. The molecule has 0 heterocycles. The summed E-state index contributed by atoms with van der Waals surface area (Å²) < 4.78 is 0. The van der Waals surface area contributed by atoms with Gasteiger partial charge in [0.2, 0.25) is 0 Å². The Labute approximate surface area is 66.8 Å². The molecule has 1 amide bonds. The van der Waals surface area contributed by atoms with Crippen LogP contribution in [0.1, 0.15) is 6.92 Å². The summed E-state index contributed by atoms with van der Waals surface area (Å²) in [6.07, 6.45) is 0. The van der Waals surface area contributed by atoms with Crippen LogP contribution in [-0.2, 0) is 4.79 Å². The minimum atomic E-state index is -0.261. The lowest BCUT2D eigenvalue weighted by Gasteiger charge is -1.93. The predicted octanol–water partition coefficient (Wildman–Crippen LogP) is -0.494. The number of nitrogens with one attached hydrogen (secondary N) is 1. The van der Waals surface area contributed by atoms with Gasteiger partial charge in [0.25, 0.3) is 5.91 Å². The van der Waals surface area contributed by atoms with E-state index in [0.29, 0.717) is 13.1 Å². The second-order valence-electron chi connectivity index (χ2n) is 1.42. The van der Waals surface area contributed by atoms with Crippen molar-refractivity contribution in [3.8, 4) is 11.8 Å². The lowest BCUT2D eigenvalue weighted by molar-refractivity contribution is -0.115. The second-order valence-corrected chi connectivity index (χ2v) is 1.42. The van der Waals surface area contributed by atoms with Crippen LogP contribution in [0.2, 0.25) is 0 Å². The van der Waals surface area contributed by atoms with Gasteiger partial charge in [-0.1, -0.05) is 5.92 Å². The zero-order chi connectivity index (χ0) is 7.11. The molecule has 58 valence electrons. The summed E-state index contributed by atoms with van der Waals surface area (Å²) in [5.41, 5.74) is 5.11. The van der Waals surface area contributed by atoms with Crippen molar-refractivity contribution >= 4 is 18.3 Å². The van der Waals surface area contributed by atoms with Gasteiger partial charge in [0.15, 0.2) is 0 Å². The molecule has 4 heteroatoms. The molecular weight excluding hydrogens is 152 g/mol. The van der Waals surface area contributed by atoms with Gasteiger partial charge in [0.1, 0.15) is 0 Å². The van der Waals surface area contributed by atoms with Crippen LogP contribution in [-0.4, -0.2) is 19.0 Å². The lowest BCUT2D eigenvalue weighted by Crippen LogP contribution is -2.27. The maximum Gasteiger partial charge on any atom is 0.295 e. The van der Waals surface area contributed by atoms with E-state index >= 15 is 0 Å². The van der Waals surface area contributed by atoms with Crippen LogP contribution in [0.15, 0.2) is 0 Å². The second kappa shape index (κ2) is 8.28. The van der Waals surface area contributed by atoms with E-state index in [1.165, 1.54) is 0 Å². The van der Waals surface area contributed by atoms with Crippen molar-refractivity contribution < 1.29 is 4.79 Å². The molecule has 0 saturated carbocycles. The minimum Gasteiger partial charge on any atom is -0.344 e. The van der Waals surface area contributed by atoms with Crippen molar-refractivity contribution in [3.63, 3.8) is 0 Å². The van der Waals surface area contributed by atoms with Crippen molar-refractivity contribution in [2.45, 2.75) is 6.92 Å². The highest BCUT2D eigenvalue weighted by Gasteiger charge is 1.88. The first-order valence-electron chi connectivity index (χ1n) is 2.72. The van der Waals surface area contributed by atoms with E-state index in [2.05, 4.69) is 17.2 Å². The predicted molar refractivity (Wildman–Crippen MR) is 42.8 cm³/mol. The van der Waals surface area contributed by atoms with Gasteiger partial charge >= 0.3 is 0 Å². The monoisotopic (exact) mass is 162 g/mol. The first-order chi connectivity index (χ1) is 4.31. The maximum absolute atomic E-state index is 10.5. The zero-order valence-corrected chi connectivity index (χ0v) is 6.62. The molecule has 0 bridgehead atoms. The lowest BCUT2D eigenvalue weighted by atomic mass is 10.5. The topological polar surface area (TPSA) is 55.1 Å². The summed E-state index contributed by atoms with van der Waals surface area (Å²) in [6.45, 7) is 2.56. The number of carbonyl (C=O) groups is 1. The Morgan fingerprint density at radius 2 is 2.30 bits per heavy atom. The Kier molecular flexibility index (Phi) is 9.94. The van der Waals surface area contributed by atoms with E-state index < -0.39 is 0 Å². The highest BCUT2D eigenvalue weighted by molar-refractivity contribution is 5.93. The summed E-state index contributed by atoms with van der Waals surface area (Å²) in [4.78, 5) is 10.5. The van der Waals surface area contributed by atoms with Gasteiger partial charge in [0, 0.05) is 13.1 Å². The SMILES string of the molecule is CC#CC(=O)NCCN.Cl. The van der Waals surface area contributed by atoms with Crippen molar-refractivity contribution in [2.75, 3.05) is 13.1 Å². The van der Waals surface area contributed by atoms with Crippen LogP contribution in [0, 0.1) is 11.8 Å². The van der Waals surface area contributed by atoms with Crippen molar-refractivity contribution in [1.82, 2.24) is 5.32 Å². The molecule has 0 aliphatic heterocycles. The molecule has 0 aromatic carbocycles. The van der Waals surface area contributed by atoms with E-state index in [1.807, 2.05) is 0 Å². The van der Waals surface area contributed by atoms with Gasteiger partial charge in [-0.15, -0.1) is 12.4 Å². The van der Waals surface area contributed by atoms with E-state index in [4.69, 9.17) is 5.73 Å². The smallest absolute Gasteiger partial charge is 0.295 e. The van der Waals surface area contributed by atoms with Crippen LogP contribution < -0.4 is 11.1 Å². The third-order valence-electron chi connectivity index (χ3n) is 0.668. The Hall–Kier alpha value is -0.720. The molecule has 3 nitrogen and oxygen atoms in total. The van der Waals surface area contributed by atoms with E-state index in [1.54, 1.807) is 6.92 Å². The molecule has 3 N–H and O–H groups in total. The fourth-order valence-corrected chi connectivity index (χ4v) is 0.343. The van der Waals surface area contributed by atoms with E-state index in [9.17, 15) is 4.79 Å². The molecule has 0 aromatic heterocycles. The first kappa shape index (κ1) is 12.0. The summed E-state index contributed by atoms with van der Waals surface area (Å²) in [6, 6.07) is 0. The average Bonchev–Trinajstić information content (AvgIpc) is 1.85. The summed E-state index contributed by atoms with van der Waals surface area (Å²) in [5, 5.41) is 2.50. The van der Waals surface area contributed by atoms with Crippen LogP contribution in [0.25, 0.3) is 0 Å². The van der Waals surface area contributed by atoms with Gasteiger partial charge in [0.05, 0.1) is 0 Å². The number of rotatable bonds is 2. The zero-order valence-electron chi connectivity index (χ0n) is 5.81. The number of halogens is 1. The van der Waals surface area contributed by atoms with Gasteiger partial charge in [-0.05, 0) is 12.8 Å². The normalized spacial score (nSPS) is 6.60. The first-order valence-corrected chi connectivity index (χ1v) is 2.72. The van der Waals surface area contributed by atoms with Crippen LogP contribution in [0.4, 0.5) is 0 Å². The fourth-order valence-electron chi connectivity index (χ4n) is 0.343. The number of nitrogens with two attached hydrogens (primary N) is 1. The highest BCUT2D eigenvalue weighted by Crippen LogP contribution is 1.59. The molecule has 0 unspecified atom stereocenters. The molecule has 0 fully saturated rings. The maximum atomic E-state index is 10.5. The molecule has 0 aliphatic carbocycles. The molecule has 0 rings (SSSR count). The molecule has 0 aliphatic rings. The van der Waals surface area contributed by atoms with Crippen LogP contribution >= 0.6 is 12.4 Å². The third-order valence-corrected chi connectivity index (χ3v) is 0.668. The van der Waals surface area contributed by atoms with Crippen LogP contribution in [0.3, 0.4) is 0 Å². The van der Waals surface area contributed by atoms with E-state index in [-0.39, 0.29) is 18.3 Å². The Balaban J connectivity index is 0. The van der Waals surface area contributed by atoms with Gasteiger partial charge < -0.3 is 11.1 Å². The van der Waals surface area contributed by atoms with Crippen molar-refractivity contribution in [1.29, 1.82) is 0 Å². The molecular formula is C6H11ClN2O. The number of carbonyl (C=O) groups excluding carboxylic acids is 1. The third kappa shape index (κ3) is 7.28. The van der Waals surface area contributed by atoms with Crippen molar-refractivity contribution in [3.05, 3.63) is 0 Å². The Morgan fingerprint density at radius 3 is 2.70 bits per heavy atom. The molecule has 0 spiro atoms. The molecule has 10 heavy (non-hydrogen) atoms.